The first kappa shape index (κ1) is 18.9. The molecule has 1 aliphatic heterocycles. The Bertz CT molecular complexity index is 690. The van der Waals surface area contributed by atoms with Crippen molar-refractivity contribution in [3.63, 3.8) is 0 Å². The van der Waals surface area contributed by atoms with Crippen LogP contribution in [0.3, 0.4) is 0 Å². The maximum absolute atomic E-state index is 14.0. The SMILES string of the molecule is CCC(C)N(Cc1ccccc1F)C(=O)CN1C(=O)NC(=O)C1(C)C. The van der Waals surface area contributed by atoms with Crippen LogP contribution in [0.5, 0.6) is 0 Å². The number of rotatable bonds is 6. The maximum atomic E-state index is 14.0. The lowest BCUT2D eigenvalue weighted by Gasteiger charge is -2.33. The number of nitrogens with zero attached hydrogens (tertiary/aromatic N) is 2. The monoisotopic (exact) mass is 349 g/mol. The van der Waals surface area contributed by atoms with Crippen molar-refractivity contribution < 1.29 is 18.8 Å². The Morgan fingerprint density at radius 1 is 1.32 bits per heavy atom. The molecule has 1 aliphatic rings. The van der Waals surface area contributed by atoms with Crippen LogP contribution in [0.1, 0.15) is 39.7 Å². The third-order valence-electron chi connectivity index (χ3n) is 4.73. The van der Waals surface area contributed by atoms with Gasteiger partial charge in [-0.05, 0) is 33.3 Å². The number of imide groups is 1. The fourth-order valence-electron chi connectivity index (χ4n) is 2.71. The van der Waals surface area contributed by atoms with Crippen molar-refractivity contribution >= 4 is 17.8 Å². The van der Waals surface area contributed by atoms with E-state index in [4.69, 9.17) is 0 Å². The Morgan fingerprint density at radius 3 is 2.48 bits per heavy atom. The first-order valence-electron chi connectivity index (χ1n) is 8.34. The van der Waals surface area contributed by atoms with Gasteiger partial charge in [0, 0.05) is 18.2 Å². The molecular weight excluding hydrogens is 325 g/mol. The van der Waals surface area contributed by atoms with E-state index in [0.717, 1.165) is 0 Å². The highest BCUT2D eigenvalue weighted by atomic mass is 19.1. The summed E-state index contributed by atoms with van der Waals surface area (Å²) in [4.78, 5) is 39.4. The van der Waals surface area contributed by atoms with Crippen molar-refractivity contribution in [1.29, 1.82) is 0 Å². The standard InChI is InChI=1S/C18H24FN3O3/c1-5-12(2)21(10-13-8-6-7-9-14(13)19)15(23)11-22-17(25)20-16(24)18(22,3)4/h6-9,12H,5,10-11H2,1-4H3,(H,20,24,25). The minimum absolute atomic E-state index is 0.115. The zero-order valence-corrected chi connectivity index (χ0v) is 15.0. The highest BCUT2D eigenvalue weighted by Crippen LogP contribution is 2.22. The number of carbonyl (C=O) groups excluding carboxylic acids is 3. The van der Waals surface area contributed by atoms with E-state index in [-0.39, 0.29) is 30.9 Å². The molecule has 136 valence electrons. The zero-order valence-electron chi connectivity index (χ0n) is 15.0. The second kappa shape index (κ2) is 7.21. The van der Waals surface area contributed by atoms with Gasteiger partial charge in [0.25, 0.3) is 5.91 Å². The van der Waals surface area contributed by atoms with Gasteiger partial charge in [-0.15, -0.1) is 0 Å². The van der Waals surface area contributed by atoms with Gasteiger partial charge in [-0.3, -0.25) is 14.9 Å². The molecule has 1 aromatic carbocycles. The van der Waals surface area contributed by atoms with Gasteiger partial charge in [0.05, 0.1) is 0 Å². The number of hydrogen-bond donors (Lipinski definition) is 1. The Hall–Kier alpha value is -2.44. The molecule has 0 radical (unpaired) electrons. The maximum Gasteiger partial charge on any atom is 0.325 e. The van der Waals surface area contributed by atoms with Crippen molar-refractivity contribution in [2.75, 3.05) is 6.54 Å². The van der Waals surface area contributed by atoms with Crippen LogP contribution in [-0.4, -0.2) is 45.8 Å². The summed E-state index contributed by atoms with van der Waals surface area (Å²) in [6, 6.07) is 5.58. The topological polar surface area (TPSA) is 69.7 Å². The minimum Gasteiger partial charge on any atom is -0.334 e. The molecule has 6 nitrogen and oxygen atoms in total. The largest absolute Gasteiger partial charge is 0.334 e. The molecule has 2 rings (SSSR count). The van der Waals surface area contributed by atoms with E-state index in [9.17, 15) is 18.8 Å². The summed E-state index contributed by atoms with van der Waals surface area (Å²) in [7, 11) is 0. The summed E-state index contributed by atoms with van der Waals surface area (Å²) >= 11 is 0. The molecule has 0 aliphatic carbocycles. The van der Waals surface area contributed by atoms with Crippen LogP contribution in [0.2, 0.25) is 0 Å². The highest BCUT2D eigenvalue weighted by Gasteiger charge is 2.46. The van der Waals surface area contributed by atoms with E-state index >= 15 is 0 Å². The first-order valence-corrected chi connectivity index (χ1v) is 8.34. The van der Waals surface area contributed by atoms with Crippen LogP contribution in [0.4, 0.5) is 9.18 Å². The lowest BCUT2D eigenvalue weighted by atomic mass is 10.0. The van der Waals surface area contributed by atoms with Gasteiger partial charge in [-0.2, -0.15) is 0 Å². The lowest BCUT2D eigenvalue weighted by molar-refractivity contribution is -0.136. The predicted molar refractivity (Wildman–Crippen MR) is 91.0 cm³/mol. The molecule has 1 N–H and O–H groups in total. The molecule has 1 aromatic rings. The Labute approximate surface area is 147 Å². The van der Waals surface area contributed by atoms with Gasteiger partial charge < -0.3 is 9.80 Å². The van der Waals surface area contributed by atoms with Gasteiger partial charge in [-0.1, -0.05) is 25.1 Å². The third kappa shape index (κ3) is 3.81. The Kier molecular flexibility index (Phi) is 5.45. The van der Waals surface area contributed by atoms with E-state index in [1.807, 2.05) is 13.8 Å². The van der Waals surface area contributed by atoms with E-state index in [1.54, 1.807) is 36.9 Å². The fraction of sp³-hybridized carbons (Fsp3) is 0.500. The molecule has 1 heterocycles. The third-order valence-corrected chi connectivity index (χ3v) is 4.73. The van der Waals surface area contributed by atoms with Crippen LogP contribution in [0.15, 0.2) is 24.3 Å². The van der Waals surface area contributed by atoms with Crippen LogP contribution in [-0.2, 0) is 16.1 Å². The summed E-state index contributed by atoms with van der Waals surface area (Å²) in [6.45, 7) is 6.87. The number of halogens is 1. The first-order chi connectivity index (χ1) is 11.7. The van der Waals surface area contributed by atoms with Crippen molar-refractivity contribution in [3.05, 3.63) is 35.6 Å². The highest BCUT2D eigenvalue weighted by molar-refractivity contribution is 6.07. The van der Waals surface area contributed by atoms with Crippen LogP contribution < -0.4 is 5.32 Å². The molecule has 1 fully saturated rings. The zero-order chi connectivity index (χ0) is 18.8. The van der Waals surface area contributed by atoms with E-state index in [2.05, 4.69) is 5.32 Å². The molecule has 0 saturated carbocycles. The van der Waals surface area contributed by atoms with Crippen molar-refractivity contribution in [1.82, 2.24) is 15.1 Å². The van der Waals surface area contributed by atoms with Gasteiger partial charge in [0.15, 0.2) is 0 Å². The molecule has 0 bridgehead atoms. The molecule has 7 heteroatoms. The number of carbonyl (C=O) groups is 3. The molecule has 4 amide bonds. The number of hydrogen-bond acceptors (Lipinski definition) is 3. The average molecular weight is 349 g/mol. The number of amides is 4. The summed E-state index contributed by atoms with van der Waals surface area (Å²) in [5.74, 6) is -1.14. The number of nitrogens with one attached hydrogen (secondary N) is 1. The molecule has 1 atom stereocenters. The fourth-order valence-corrected chi connectivity index (χ4v) is 2.71. The predicted octanol–water partition coefficient (Wildman–Crippen LogP) is 2.28. The molecule has 25 heavy (non-hydrogen) atoms. The second-order valence-electron chi connectivity index (χ2n) is 6.77. The molecule has 0 spiro atoms. The molecule has 1 saturated heterocycles. The molecular formula is C18H24FN3O3. The van der Waals surface area contributed by atoms with Crippen molar-refractivity contribution in [2.45, 2.75) is 52.2 Å². The summed E-state index contributed by atoms with van der Waals surface area (Å²) in [6.07, 6.45) is 0.689. The van der Waals surface area contributed by atoms with Gasteiger partial charge in [-0.25, -0.2) is 9.18 Å². The molecule has 0 aromatic heterocycles. The second-order valence-corrected chi connectivity index (χ2v) is 6.77. The van der Waals surface area contributed by atoms with Gasteiger partial charge >= 0.3 is 6.03 Å². The Morgan fingerprint density at radius 2 is 1.96 bits per heavy atom. The minimum atomic E-state index is -1.09. The summed E-state index contributed by atoms with van der Waals surface area (Å²) < 4.78 is 14.0. The Balaban J connectivity index is 2.21. The van der Waals surface area contributed by atoms with Crippen LogP contribution in [0, 0.1) is 5.82 Å². The smallest absolute Gasteiger partial charge is 0.325 e. The summed E-state index contributed by atoms with van der Waals surface area (Å²) in [5, 5.41) is 2.22. The normalized spacial score (nSPS) is 17.4. The molecule has 1 unspecified atom stereocenters. The quantitative estimate of drug-likeness (QED) is 0.801. The van der Waals surface area contributed by atoms with Crippen molar-refractivity contribution in [2.24, 2.45) is 0 Å². The number of benzene rings is 1. The summed E-state index contributed by atoms with van der Waals surface area (Å²) in [5.41, 5.74) is -0.677. The average Bonchev–Trinajstić information content (AvgIpc) is 2.75. The van der Waals surface area contributed by atoms with E-state index < -0.39 is 17.5 Å². The van der Waals surface area contributed by atoms with Crippen molar-refractivity contribution in [3.8, 4) is 0 Å². The number of urea groups is 1. The van der Waals surface area contributed by atoms with E-state index in [1.165, 1.54) is 11.0 Å². The lowest BCUT2D eigenvalue weighted by Crippen LogP contribution is -2.51. The van der Waals surface area contributed by atoms with Crippen LogP contribution in [0.25, 0.3) is 0 Å². The van der Waals surface area contributed by atoms with Crippen LogP contribution >= 0.6 is 0 Å². The van der Waals surface area contributed by atoms with E-state index in [0.29, 0.717) is 12.0 Å². The van der Waals surface area contributed by atoms with Gasteiger partial charge in [0.2, 0.25) is 5.91 Å². The van der Waals surface area contributed by atoms with Gasteiger partial charge in [0.1, 0.15) is 17.9 Å².